The molecule has 2 heteroatoms. The van der Waals surface area contributed by atoms with Crippen LogP contribution >= 0.6 is 0 Å². The number of hydrogen-bond donors (Lipinski definition) is 1. The minimum absolute atomic E-state index is 0.0105. The molecular formula is C13H22O2. The van der Waals surface area contributed by atoms with E-state index in [-0.39, 0.29) is 5.92 Å². The van der Waals surface area contributed by atoms with Crippen LogP contribution in [0.2, 0.25) is 0 Å². The van der Waals surface area contributed by atoms with Gasteiger partial charge in [-0.3, -0.25) is 4.79 Å². The quantitative estimate of drug-likeness (QED) is 0.754. The van der Waals surface area contributed by atoms with Gasteiger partial charge in [0, 0.05) is 0 Å². The van der Waals surface area contributed by atoms with Crippen LogP contribution in [-0.4, -0.2) is 11.1 Å². The lowest BCUT2D eigenvalue weighted by molar-refractivity contribution is -0.138. The molecule has 0 amide bonds. The van der Waals surface area contributed by atoms with E-state index in [0.29, 0.717) is 5.92 Å². The standard InChI is InChI=1S/C13H22O2/c14-13(15)12-9-11(12)8-4-7-10-5-2-1-3-6-10/h10-12H,1-9H2,(H,14,15). The van der Waals surface area contributed by atoms with Crippen molar-refractivity contribution in [3.8, 4) is 0 Å². The van der Waals surface area contributed by atoms with Crippen LogP contribution in [0.1, 0.15) is 57.8 Å². The van der Waals surface area contributed by atoms with E-state index >= 15 is 0 Å². The Labute approximate surface area is 92.1 Å². The van der Waals surface area contributed by atoms with Crippen molar-refractivity contribution in [1.82, 2.24) is 0 Å². The lowest BCUT2D eigenvalue weighted by atomic mass is 9.85. The van der Waals surface area contributed by atoms with E-state index in [9.17, 15) is 4.79 Å². The average Bonchev–Trinajstić information content (AvgIpc) is 2.99. The van der Waals surface area contributed by atoms with Gasteiger partial charge in [0.2, 0.25) is 0 Å². The van der Waals surface area contributed by atoms with Gasteiger partial charge in [0.1, 0.15) is 0 Å². The van der Waals surface area contributed by atoms with E-state index in [1.807, 2.05) is 0 Å². The number of hydrogen-bond acceptors (Lipinski definition) is 1. The fourth-order valence-electron chi connectivity index (χ4n) is 3.01. The fraction of sp³-hybridized carbons (Fsp3) is 0.923. The summed E-state index contributed by atoms with van der Waals surface area (Å²) in [5, 5.41) is 8.77. The molecule has 0 spiro atoms. The van der Waals surface area contributed by atoms with Crippen molar-refractivity contribution in [2.75, 3.05) is 0 Å². The lowest BCUT2D eigenvalue weighted by Crippen LogP contribution is -2.06. The van der Waals surface area contributed by atoms with Crippen LogP contribution in [0, 0.1) is 17.8 Å². The van der Waals surface area contributed by atoms with E-state index in [1.165, 1.54) is 44.9 Å². The highest BCUT2D eigenvalue weighted by molar-refractivity contribution is 5.73. The predicted molar refractivity (Wildman–Crippen MR) is 59.7 cm³/mol. The first-order chi connectivity index (χ1) is 7.27. The second-order valence-electron chi connectivity index (χ2n) is 5.38. The van der Waals surface area contributed by atoms with Gasteiger partial charge in [0.05, 0.1) is 5.92 Å². The first kappa shape index (κ1) is 11.0. The Morgan fingerprint density at radius 1 is 1.13 bits per heavy atom. The van der Waals surface area contributed by atoms with Crippen LogP contribution in [-0.2, 0) is 4.79 Å². The molecule has 0 aliphatic heterocycles. The van der Waals surface area contributed by atoms with Crippen molar-refractivity contribution < 1.29 is 9.90 Å². The summed E-state index contributed by atoms with van der Waals surface area (Å²) in [6, 6.07) is 0. The van der Waals surface area contributed by atoms with Gasteiger partial charge < -0.3 is 5.11 Å². The van der Waals surface area contributed by atoms with E-state index in [2.05, 4.69) is 0 Å². The molecule has 1 N–H and O–H groups in total. The minimum Gasteiger partial charge on any atom is -0.481 e. The predicted octanol–water partition coefficient (Wildman–Crippen LogP) is 3.46. The smallest absolute Gasteiger partial charge is 0.306 e. The lowest BCUT2D eigenvalue weighted by Gasteiger charge is -2.21. The Kier molecular flexibility index (Phi) is 3.66. The van der Waals surface area contributed by atoms with Gasteiger partial charge in [-0.25, -0.2) is 0 Å². The number of aliphatic carboxylic acids is 1. The zero-order valence-electron chi connectivity index (χ0n) is 9.45. The second kappa shape index (κ2) is 5.00. The number of carbonyl (C=O) groups is 1. The normalized spacial score (nSPS) is 31.5. The molecule has 2 aliphatic carbocycles. The summed E-state index contributed by atoms with van der Waals surface area (Å²) in [6.45, 7) is 0. The van der Waals surface area contributed by atoms with Crippen molar-refractivity contribution in [3.05, 3.63) is 0 Å². The summed E-state index contributed by atoms with van der Waals surface area (Å²) < 4.78 is 0. The van der Waals surface area contributed by atoms with Gasteiger partial charge >= 0.3 is 5.97 Å². The van der Waals surface area contributed by atoms with Crippen LogP contribution in [0.3, 0.4) is 0 Å². The molecule has 86 valence electrons. The van der Waals surface area contributed by atoms with Crippen LogP contribution in [0.5, 0.6) is 0 Å². The topological polar surface area (TPSA) is 37.3 Å². The highest BCUT2D eigenvalue weighted by atomic mass is 16.4. The van der Waals surface area contributed by atoms with Gasteiger partial charge in [-0.05, 0) is 24.7 Å². The van der Waals surface area contributed by atoms with Crippen LogP contribution in [0.4, 0.5) is 0 Å². The third kappa shape index (κ3) is 3.22. The first-order valence-corrected chi connectivity index (χ1v) is 6.50. The second-order valence-corrected chi connectivity index (χ2v) is 5.38. The first-order valence-electron chi connectivity index (χ1n) is 6.50. The third-order valence-electron chi connectivity index (χ3n) is 4.15. The third-order valence-corrected chi connectivity index (χ3v) is 4.15. The fourth-order valence-corrected chi connectivity index (χ4v) is 3.01. The van der Waals surface area contributed by atoms with Crippen molar-refractivity contribution in [2.45, 2.75) is 57.8 Å². The maximum atomic E-state index is 10.6. The van der Waals surface area contributed by atoms with Crippen molar-refractivity contribution >= 4 is 5.97 Å². The van der Waals surface area contributed by atoms with Gasteiger partial charge in [0.25, 0.3) is 0 Å². The van der Waals surface area contributed by atoms with Crippen molar-refractivity contribution in [1.29, 1.82) is 0 Å². The van der Waals surface area contributed by atoms with Crippen LogP contribution in [0.25, 0.3) is 0 Å². The zero-order chi connectivity index (χ0) is 10.7. The van der Waals surface area contributed by atoms with Gasteiger partial charge in [0.15, 0.2) is 0 Å². The summed E-state index contributed by atoms with van der Waals surface area (Å²) in [4.78, 5) is 10.6. The van der Waals surface area contributed by atoms with Crippen LogP contribution < -0.4 is 0 Å². The molecular weight excluding hydrogens is 188 g/mol. The summed E-state index contributed by atoms with van der Waals surface area (Å²) in [6.07, 6.45) is 11.8. The zero-order valence-corrected chi connectivity index (χ0v) is 9.45. The molecule has 2 atom stereocenters. The molecule has 0 aromatic heterocycles. The Morgan fingerprint density at radius 2 is 1.87 bits per heavy atom. The molecule has 2 aliphatic rings. The molecule has 2 nitrogen and oxygen atoms in total. The Morgan fingerprint density at radius 3 is 2.47 bits per heavy atom. The summed E-state index contributed by atoms with van der Waals surface area (Å²) in [5.41, 5.74) is 0. The van der Waals surface area contributed by atoms with E-state index in [0.717, 1.165) is 18.8 Å². The molecule has 0 heterocycles. The average molecular weight is 210 g/mol. The molecule has 0 radical (unpaired) electrons. The SMILES string of the molecule is O=C(O)C1CC1CCCC1CCCCC1. The molecule has 15 heavy (non-hydrogen) atoms. The maximum absolute atomic E-state index is 10.6. The highest BCUT2D eigenvalue weighted by Crippen LogP contribution is 2.43. The van der Waals surface area contributed by atoms with Gasteiger partial charge in [-0.15, -0.1) is 0 Å². The largest absolute Gasteiger partial charge is 0.481 e. The molecule has 0 bridgehead atoms. The number of rotatable bonds is 5. The van der Waals surface area contributed by atoms with Crippen LogP contribution in [0.15, 0.2) is 0 Å². The molecule has 0 aromatic carbocycles. The molecule has 0 aromatic rings. The Hall–Kier alpha value is -0.530. The molecule has 2 fully saturated rings. The van der Waals surface area contributed by atoms with Crippen molar-refractivity contribution in [2.24, 2.45) is 17.8 Å². The van der Waals surface area contributed by atoms with E-state index in [1.54, 1.807) is 0 Å². The molecule has 0 saturated heterocycles. The number of carboxylic acids is 1. The molecule has 2 saturated carbocycles. The Bertz CT molecular complexity index is 219. The number of carboxylic acid groups (broad SMARTS) is 1. The monoisotopic (exact) mass is 210 g/mol. The van der Waals surface area contributed by atoms with Gasteiger partial charge in [-0.2, -0.15) is 0 Å². The summed E-state index contributed by atoms with van der Waals surface area (Å²) in [5.74, 6) is 0.917. The Balaban J connectivity index is 1.54. The minimum atomic E-state index is -0.572. The molecule has 2 unspecified atom stereocenters. The van der Waals surface area contributed by atoms with Gasteiger partial charge in [-0.1, -0.05) is 44.9 Å². The summed E-state index contributed by atoms with van der Waals surface area (Å²) in [7, 11) is 0. The highest BCUT2D eigenvalue weighted by Gasteiger charge is 2.42. The van der Waals surface area contributed by atoms with E-state index in [4.69, 9.17) is 5.11 Å². The van der Waals surface area contributed by atoms with E-state index < -0.39 is 5.97 Å². The summed E-state index contributed by atoms with van der Waals surface area (Å²) >= 11 is 0. The maximum Gasteiger partial charge on any atom is 0.306 e. The van der Waals surface area contributed by atoms with Crippen molar-refractivity contribution in [3.63, 3.8) is 0 Å². The molecule has 2 rings (SSSR count).